The number of hydrogen-bond acceptors (Lipinski definition) is 2. The molecule has 2 aromatic carbocycles. The number of nitrogens with one attached hydrogen (secondary N) is 2. The van der Waals surface area contributed by atoms with Gasteiger partial charge in [0.15, 0.2) is 5.78 Å². The smallest absolute Gasteiger partial charge is 0.178 e. The SMILES string of the molecule is O=C(CNCCc1ccc(F)cc1)c1c[nH]c2ccccc12. The first-order valence-electron chi connectivity index (χ1n) is 7.28. The predicted octanol–water partition coefficient (Wildman–Crippen LogP) is 3.32. The number of fused-ring (bicyclic) bond motifs is 1. The predicted molar refractivity (Wildman–Crippen MR) is 85.6 cm³/mol. The molecular weight excluding hydrogens is 279 g/mol. The molecule has 1 heterocycles. The van der Waals surface area contributed by atoms with Crippen molar-refractivity contribution in [3.63, 3.8) is 0 Å². The number of aromatic amines is 1. The van der Waals surface area contributed by atoms with Crippen LogP contribution < -0.4 is 5.32 Å². The van der Waals surface area contributed by atoms with E-state index in [-0.39, 0.29) is 11.6 Å². The average molecular weight is 296 g/mol. The number of carbonyl (C=O) groups excluding carboxylic acids is 1. The fourth-order valence-electron chi connectivity index (χ4n) is 2.48. The highest BCUT2D eigenvalue weighted by Gasteiger charge is 2.10. The molecule has 2 N–H and O–H groups in total. The Morgan fingerprint density at radius 3 is 2.68 bits per heavy atom. The van der Waals surface area contributed by atoms with Gasteiger partial charge in [-0.2, -0.15) is 0 Å². The Balaban J connectivity index is 1.53. The molecule has 3 nitrogen and oxygen atoms in total. The molecule has 0 aliphatic heterocycles. The molecule has 0 fully saturated rings. The molecular formula is C18H17FN2O. The molecule has 0 amide bonds. The average Bonchev–Trinajstić information content (AvgIpc) is 2.97. The van der Waals surface area contributed by atoms with Gasteiger partial charge in [-0.1, -0.05) is 30.3 Å². The van der Waals surface area contributed by atoms with E-state index in [1.165, 1.54) is 12.1 Å². The molecule has 0 spiro atoms. The number of benzene rings is 2. The highest BCUT2D eigenvalue weighted by molar-refractivity contribution is 6.08. The number of para-hydroxylation sites is 1. The van der Waals surface area contributed by atoms with Crippen molar-refractivity contribution in [3.05, 3.63) is 71.7 Å². The lowest BCUT2D eigenvalue weighted by Gasteiger charge is -2.04. The summed E-state index contributed by atoms with van der Waals surface area (Å²) in [6, 6.07) is 14.2. The maximum Gasteiger partial charge on any atom is 0.178 e. The van der Waals surface area contributed by atoms with Crippen molar-refractivity contribution in [1.82, 2.24) is 10.3 Å². The Hall–Kier alpha value is -2.46. The summed E-state index contributed by atoms with van der Waals surface area (Å²) in [5, 5.41) is 4.10. The third kappa shape index (κ3) is 3.23. The second-order valence-corrected chi connectivity index (χ2v) is 5.22. The topological polar surface area (TPSA) is 44.9 Å². The van der Waals surface area contributed by atoms with Crippen molar-refractivity contribution in [2.45, 2.75) is 6.42 Å². The van der Waals surface area contributed by atoms with E-state index in [0.717, 1.165) is 22.9 Å². The minimum atomic E-state index is -0.230. The minimum Gasteiger partial charge on any atom is -0.360 e. The summed E-state index contributed by atoms with van der Waals surface area (Å²) in [4.78, 5) is 15.4. The standard InChI is InChI=1S/C18H17FN2O/c19-14-7-5-13(6-8-14)9-10-20-12-18(22)16-11-21-17-4-2-1-3-15(16)17/h1-8,11,20-21H,9-10,12H2. The number of Topliss-reactive ketones (excluding diaryl/α,β-unsaturated/α-hetero) is 1. The minimum absolute atomic E-state index is 0.0663. The van der Waals surface area contributed by atoms with Gasteiger partial charge >= 0.3 is 0 Å². The van der Waals surface area contributed by atoms with E-state index < -0.39 is 0 Å². The molecule has 0 saturated heterocycles. The third-order valence-corrected chi connectivity index (χ3v) is 3.68. The van der Waals surface area contributed by atoms with Crippen molar-refractivity contribution >= 4 is 16.7 Å². The van der Waals surface area contributed by atoms with E-state index in [2.05, 4.69) is 10.3 Å². The summed E-state index contributed by atoms with van der Waals surface area (Å²) >= 11 is 0. The Bertz CT molecular complexity index is 777. The van der Waals surface area contributed by atoms with E-state index in [1.807, 2.05) is 24.3 Å². The number of ketones is 1. The van der Waals surface area contributed by atoms with Gasteiger partial charge in [0, 0.05) is 22.7 Å². The van der Waals surface area contributed by atoms with Gasteiger partial charge in [0.05, 0.1) is 6.54 Å². The summed E-state index contributed by atoms with van der Waals surface area (Å²) < 4.78 is 12.8. The molecule has 0 radical (unpaired) electrons. The van der Waals surface area contributed by atoms with Crippen LogP contribution in [0.3, 0.4) is 0 Å². The van der Waals surface area contributed by atoms with Crippen molar-refractivity contribution in [1.29, 1.82) is 0 Å². The van der Waals surface area contributed by atoms with Crippen LogP contribution in [0.5, 0.6) is 0 Å². The Labute approximate surface area is 128 Å². The zero-order chi connectivity index (χ0) is 15.4. The van der Waals surface area contributed by atoms with Crippen LogP contribution in [0.25, 0.3) is 10.9 Å². The second-order valence-electron chi connectivity index (χ2n) is 5.22. The molecule has 0 unspecified atom stereocenters. The Morgan fingerprint density at radius 2 is 1.86 bits per heavy atom. The number of aromatic nitrogens is 1. The normalized spacial score (nSPS) is 11.0. The summed E-state index contributed by atoms with van der Waals surface area (Å²) in [7, 11) is 0. The molecule has 0 saturated carbocycles. The van der Waals surface area contributed by atoms with Crippen LogP contribution >= 0.6 is 0 Å². The van der Waals surface area contributed by atoms with Crippen molar-refractivity contribution in [3.8, 4) is 0 Å². The van der Waals surface area contributed by atoms with Crippen LogP contribution in [0.1, 0.15) is 15.9 Å². The van der Waals surface area contributed by atoms with Crippen molar-refractivity contribution < 1.29 is 9.18 Å². The molecule has 0 aliphatic rings. The zero-order valence-corrected chi connectivity index (χ0v) is 12.1. The number of rotatable bonds is 6. The van der Waals surface area contributed by atoms with Crippen LogP contribution in [0, 0.1) is 5.82 Å². The number of hydrogen-bond donors (Lipinski definition) is 2. The molecule has 112 valence electrons. The fraction of sp³-hybridized carbons (Fsp3) is 0.167. The molecule has 22 heavy (non-hydrogen) atoms. The third-order valence-electron chi connectivity index (χ3n) is 3.68. The van der Waals surface area contributed by atoms with Gasteiger partial charge in [-0.15, -0.1) is 0 Å². The molecule has 0 atom stereocenters. The molecule has 0 bridgehead atoms. The number of halogens is 1. The zero-order valence-electron chi connectivity index (χ0n) is 12.1. The van der Waals surface area contributed by atoms with E-state index in [0.29, 0.717) is 18.7 Å². The van der Waals surface area contributed by atoms with Crippen LogP contribution in [0.4, 0.5) is 4.39 Å². The lowest BCUT2D eigenvalue weighted by Crippen LogP contribution is -2.25. The largest absolute Gasteiger partial charge is 0.360 e. The van der Waals surface area contributed by atoms with Gasteiger partial charge in [-0.3, -0.25) is 4.79 Å². The quantitative estimate of drug-likeness (QED) is 0.541. The maximum atomic E-state index is 12.8. The first-order valence-corrected chi connectivity index (χ1v) is 7.28. The van der Waals surface area contributed by atoms with E-state index in [1.54, 1.807) is 18.3 Å². The van der Waals surface area contributed by atoms with Crippen LogP contribution in [0.2, 0.25) is 0 Å². The molecule has 3 rings (SSSR count). The van der Waals surface area contributed by atoms with Crippen LogP contribution in [-0.2, 0) is 6.42 Å². The molecule has 1 aromatic heterocycles. The summed E-state index contributed by atoms with van der Waals surface area (Å²) in [5.74, 6) is -0.164. The van der Waals surface area contributed by atoms with Gasteiger partial charge in [0.25, 0.3) is 0 Å². The number of H-pyrrole nitrogens is 1. The van der Waals surface area contributed by atoms with Crippen molar-refractivity contribution in [2.75, 3.05) is 13.1 Å². The Kier molecular flexibility index (Phi) is 4.30. The lowest BCUT2D eigenvalue weighted by molar-refractivity contribution is 0.0993. The number of carbonyl (C=O) groups is 1. The van der Waals surface area contributed by atoms with Crippen LogP contribution in [-0.4, -0.2) is 23.9 Å². The first-order chi connectivity index (χ1) is 10.7. The van der Waals surface area contributed by atoms with Gasteiger partial charge in [-0.25, -0.2) is 4.39 Å². The Morgan fingerprint density at radius 1 is 1.09 bits per heavy atom. The molecule has 3 aromatic rings. The lowest BCUT2D eigenvalue weighted by atomic mass is 10.1. The highest BCUT2D eigenvalue weighted by atomic mass is 19.1. The summed E-state index contributed by atoms with van der Waals surface area (Å²) in [5.41, 5.74) is 2.73. The monoisotopic (exact) mass is 296 g/mol. The van der Waals surface area contributed by atoms with Crippen molar-refractivity contribution in [2.24, 2.45) is 0 Å². The highest BCUT2D eigenvalue weighted by Crippen LogP contribution is 2.17. The van der Waals surface area contributed by atoms with Gasteiger partial charge in [0.2, 0.25) is 0 Å². The van der Waals surface area contributed by atoms with Gasteiger partial charge in [0.1, 0.15) is 5.82 Å². The van der Waals surface area contributed by atoms with Crippen LogP contribution in [0.15, 0.2) is 54.7 Å². The van der Waals surface area contributed by atoms with E-state index >= 15 is 0 Å². The fourth-order valence-corrected chi connectivity index (χ4v) is 2.48. The summed E-state index contributed by atoms with van der Waals surface area (Å²) in [6.45, 7) is 0.975. The van der Waals surface area contributed by atoms with E-state index in [4.69, 9.17) is 0 Å². The maximum absolute atomic E-state index is 12.8. The molecule has 4 heteroatoms. The second kappa shape index (κ2) is 6.54. The van der Waals surface area contributed by atoms with E-state index in [9.17, 15) is 9.18 Å². The molecule has 0 aliphatic carbocycles. The summed E-state index contributed by atoms with van der Waals surface area (Å²) in [6.07, 6.45) is 2.52. The van der Waals surface area contributed by atoms with Gasteiger partial charge in [-0.05, 0) is 36.7 Å². The first kappa shape index (κ1) is 14.5. The van der Waals surface area contributed by atoms with Gasteiger partial charge < -0.3 is 10.3 Å².